The van der Waals surface area contributed by atoms with E-state index in [-0.39, 0.29) is 30.3 Å². The predicted molar refractivity (Wildman–Crippen MR) is 84.0 cm³/mol. The molecule has 1 amide bonds. The predicted octanol–water partition coefficient (Wildman–Crippen LogP) is 1.83. The highest BCUT2D eigenvalue weighted by Crippen LogP contribution is 2.14. The number of nitrogens with one attached hydrogen (secondary N) is 2. The van der Waals surface area contributed by atoms with Crippen molar-refractivity contribution in [3.05, 3.63) is 53.7 Å². The maximum absolute atomic E-state index is 13.4. The molecule has 2 N–H and O–H groups in total. The number of carbonyl (C=O) groups is 1. The summed E-state index contributed by atoms with van der Waals surface area (Å²) >= 11 is 0. The molecule has 0 fully saturated rings. The fourth-order valence-electron chi connectivity index (χ4n) is 1.85. The van der Waals surface area contributed by atoms with Crippen molar-refractivity contribution in [2.24, 2.45) is 0 Å². The maximum atomic E-state index is 13.4. The Morgan fingerprint density at radius 2 is 2.09 bits per heavy atom. The Labute approximate surface area is 133 Å². The molecule has 0 saturated heterocycles. The maximum Gasteiger partial charge on any atom is 0.234 e. The highest BCUT2D eigenvalue weighted by Gasteiger charge is 2.12. The van der Waals surface area contributed by atoms with Crippen molar-refractivity contribution in [2.45, 2.75) is 13.3 Å². The van der Waals surface area contributed by atoms with Crippen molar-refractivity contribution in [3.8, 4) is 0 Å². The van der Waals surface area contributed by atoms with Crippen molar-refractivity contribution in [1.29, 1.82) is 0 Å². The Morgan fingerprint density at radius 3 is 2.74 bits per heavy atom. The van der Waals surface area contributed by atoms with Crippen LogP contribution in [-0.4, -0.2) is 26.6 Å². The summed E-state index contributed by atoms with van der Waals surface area (Å²) in [5, 5.41) is 2.51. The highest BCUT2D eigenvalue weighted by atomic mass is 32.2. The van der Waals surface area contributed by atoms with E-state index < -0.39 is 15.8 Å². The Morgan fingerprint density at radius 1 is 1.30 bits per heavy atom. The van der Waals surface area contributed by atoms with Crippen molar-refractivity contribution < 1.29 is 22.0 Å². The van der Waals surface area contributed by atoms with Gasteiger partial charge in [-0.15, -0.1) is 0 Å². The van der Waals surface area contributed by atoms with Gasteiger partial charge in [0.05, 0.1) is 30.4 Å². The van der Waals surface area contributed by atoms with Crippen LogP contribution in [0.15, 0.2) is 41.2 Å². The first kappa shape index (κ1) is 17.0. The van der Waals surface area contributed by atoms with Gasteiger partial charge in [-0.25, -0.2) is 12.8 Å². The largest absolute Gasteiger partial charge is 0.472 e. The third kappa shape index (κ3) is 5.41. The van der Waals surface area contributed by atoms with Gasteiger partial charge in [0, 0.05) is 6.54 Å². The van der Waals surface area contributed by atoms with Crippen molar-refractivity contribution in [2.75, 3.05) is 17.0 Å². The van der Waals surface area contributed by atoms with Gasteiger partial charge in [-0.3, -0.25) is 9.52 Å². The Kier molecular flexibility index (Phi) is 5.38. The van der Waals surface area contributed by atoms with E-state index in [9.17, 15) is 17.6 Å². The molecular formula is C15H17FN2O4S. The molecule has 6 nitrogen and oxygen atoms in total. The number of carbonyl (C=O) groups excluding carboxylic acids is 1. The lowest BCUT2D eigenvalue weighted by Crippen LogP contribution is -2.32. The summed E-state index contributed by atoms with van der Waals surface area (Å²) in [7, 11) is -3.67. The topological polar surface area (TPSA) is 88.4 Å². The summed E-state index contributed by atoms with van der Waals surface area (Å²) in [6.07, 6.45) is 3.02. The fraction of sp³-hybridized carbons (Fsp3) is 0.267. The van der Waals surface area contributed by atoms with E-state index >= 15 is 0 Å². The zero-order chi connectivity index (χ0) is 16.9. The van der Waals surface area contributed by atoms with Crippen LogP contribution in [0.1, 0.15) is 11.1 Å². The van der Waals surface area contributed by atoms with Crippen LogP contribution in [0.25, 0.3) is 0 Å². The molecule has 1 heterocycles. The number of hydrogen-bond donors (Lipinski definition) is 2. The number of sulfonamides is 1. The van der Waals surface area contributed by atoms with E-state index in [4.69, 9.17) is 4.42 Å². The fourth-order valence-corrected chi connectivity index (χ4v) is 2.81. The van der Waals surface area contributed by atoms with E-state index in [2.05, 4.69) is 10.0 Å². The number of benzene rings is 1. The molecule has 2 rings (SSSR count). The van der Waals surface area contributed by atoms with E-state index in [1.165, 1.54) is 24.7 Å². The molecule has 0 saturated carbocycles. The first-order valence-electron chi connectivity index (χ1n) is 6.90. The second kappa shape index (κ2) is 7.28. The molecule has 0 bridgehead atoms. The van der Waals surface area contributed by atoms with Gasteiger partial charge in [-0.2, -0.15) is 0 Å². The molecular weight excluding hydrogens is 323 g/mol. The normalized spacial score (nSPS) is 11.2. The quantitative estimate of drug-likeness (QED) is 0.805. The van der Waals surface area contributed by atoms with Gasteiger partial charge in [0.15, 0.2) is 0 Å². The third-order valence-electron chi connectivity index (χ3n) is 3.08. The van der Waals surface area contributed by atoms with E-state index in [1.807, 2.05) is 0 Å². The molecule has 8 heteroatoms. The van der Waals surface area contributed by atoms with Crippen LogP contribution < -0.4 is 10.0 Å². The third-order valence-corrected chi connectivity index (χ3v) is 4.37. The minimum absolute atomic E-state index is 0.0413. The number of aryl methyl sites for hydroxylation is 1. The smallest absolute Gasteiger partial charge is 0.234 e. The summed E-state index contributed by atoms with van der Waals surface area (Å²) in [6.45, 7) is 1.55. The van der Waals surface area contributed by atoms with Crippen LogP contribution in [0, 0.1) is 12.7 Å². The second-order valence-electron chi connectivity index (χ2n) is 5.04. The lowest BCUT2D eigenvalue weighted by atomic mass is 10.2. The minimum atomic E-state index is -3.67. The molecule has 23 heavy (non-hydrogen) atoms. The molecule has 1 aromatic carbocycles. The molecule has 0 unspecified atom stereocenters. The van der Waals surface area contributed by atoms with Gasteiger partial charge < -0.3 is 9.73 Å². The Balaban J connectivity index is 1.81. The first-order valence-corrected chi connectivity index (χ1v) is 8.55. The molecule has 0 aliphatic rings. The molecule has 0 aliphatic carbocycles. The standard InChI is InChI=1S/C15H17FN2O4S/c1-11-2-3-13(9-14(11)16)18-23(20,21)7-5-17-15(19)8-12-4-6-22-10-12/h2-4,6,9-10,18H,5,7-8H2,1H3,(H,17,19). The van der Waals surface area contributed by atoms with Crippen LogP contribution in [0.3, 0.4) is 0 Å². The van der Waals surface area contributed by atoms with Gasteiger partial charge in [-0.05, 0) is 36.2 Å². The Bertz CT molecular complexity index is 773. The molecule has 0 atom stereocenters. The first-order chi connectivity index (χ1) is 10.9. The second-order valence-corrected chi connectivity index (χ2v) is 6.89. The number of anilines is 1. The summed E-state index contributed by atoms with van der Waals surface area (Å²) in [5.74, 6) is -1.10. The monoisotopic (exact) mass is 340 g/mol. The van der Waals surface area contributed by atoms with Crippen molar-refractivity contribution in [3.63, 3.8) is 0 Å². The zero-order valence-corrected chi connectivity index (χ0v) is 13.3. The lowest BCUT2D eigenvalue weighted by Gasteiger charge is -2.09. The van der Waals surface area contributed by atoms with Crippen LogP contribution in [0.4, 0.5) is 10.1 Å². The number of furan rings is 1. The number of amides is 1. The highest BCUT2D eigenvalue weighted by molar-refractivity contribution is 7.92. The molecule has 0 aliphatic heterocycles. The van der Waals surface area contributed by atoms with Crippen LogP contribution in [-0.2, 0) is 21.2 Å². The van der Waals surface area contributed by atoms with Crippen LogP contribution in [0.2, 0.25) is 0 Å². The molecule has 1 aromatic heterocycles. The molecule has 124 valence electrons. The average Bonchev–Trinajstić information content (AvgIpc) is 2.95. The summed E-state index contributed by atoms with van der Waals surface area (Å²) in [4.78, 5) is 11.6. The Hall–Kier alpha value is -2.35. The lowest BCUT2D eigenvalue weighted by molar-refractivity contribution is -0.120. The average molecular weight is 340 g/mol. The van der Waals surface area contributed by atoms with Crippen LogP contribution in [0.5, 0.6) is 0 Å². The molecule has 2 aromatic rings. The number of halogens is 1. The van der Waals surface area contributed by atoms with Gasteiger partial charge >= 0.3 is 0 Å². The van der Waals surface area contributed by atoms with E-state index in [1.54, 1.807) is 13.0 Å². The van der Waals surface area contributed by atoms with Gasteiger partial charge in [0.1, 0.15) is 5.82 Å². The molecule has 0 radical (unpaired) electrons. The summed E-state index contributed by atoms with van der Waals surface area (Å²) in [5.41, 5.74) is 1.29. The number of hydrogen-bond acceptors (Lipinski definition) is 4. The zero-order valence-electron chi connectivity index (χ0n) is 12.5. The van der Waals surface area contributed by atoms with Gasteiger partial charge in [0.2, 0.25) is 15.9 Å². The SMILES string of the molecule is Cc1ccc(NS(=O)(=O)CCNC(=O)Cc2ccoc2)cc1F. The summed E-state index contributed by atoms with van der Waals surface area (Å²) < 4.78 is 44.3. The van der Waals surface area contributed by atoms with Crippen molar-refractivity contribution in [1.82, 2.24) is 5.32 Å². The summed E-state index contributed by atoms with van der Waals surface area (Å²) in [6, 6.07) is 5.74. The van der Waals surface area contributed by atoms with E-state index in [0.717, 1.165) is 6.07 Å². The van der Waals surface area contributed by atoms with Crippen LogP contribution >= 0.6 is 0 Å². The van der Waals surface area contributed by atoms with Gasteiger partial charge in [0.25, 0.3) is 0 Å². The van der Waals surface area contributed by atoms with Crippen molar-refractivity contribution >= 4 is 21.6 Å². The van der Waals surface area contributed by atoms with Gasteiger partial charge in [-0.1, -0.05) is 6.07 Å². The minimum Gasteiger partial charge on any atom is -0.472 e. The molecule has 0 spiro atoms. The number of rotatable bonds is 7. The van der Waals surface area contributed by atoms with E-state index in [0.29, 0.717) is 11.1 Å².